The molecular formula is C13H21FN4O5. The lowest BCUT2D eigenvalue weighted by Crippen LogP contribution is -2.16. The highest BCUT2D eigenvalue weighted by Crippen LogP contribution is 2.31. The molecule has 0 bridgehead atoms. The first-order valence-electron chi connectivity index (χ1n) is 6.81. The normalized spacial score (nSPS) is 19.7. The Morgan fingerprint density at radius 1 is 1.43 bits per heavy atom. The van der Waals surface area contributed by atoms with Gasteiger partial charge in [-0.2, -0.15) is 4.98 Å². The van der Waals surface area contributed by atoms with Crippen LogP contribution in [0.3, 0.4) is 0 Å². The molecule has 1 saturated heterocycles. The van der Waals surface area contributed by atoms with E-state index in [1.807, 2.05) is 0 Å². The van der Waals surface area contributed by atoms with Crippen molar-refractivity contribution in [2.24, 2.45) is 0 Å². The Morgan fingerprint density at radius 3 is 2.65 bits per heavy atom. The SMILES string of the molecule is CO.CO.Nc1nc2c(c(F)cn2C2CCC(CO)O2)c(=O)[nH]1. The number of nitrogen functional groups attached to an aromatic ring is 1. The molecule has 2 unspecified atom stereocenters. The molecule has 9 nitrogen and oxygen atoms in total. The Bertz CT molecular complexity index is 687. The monoisotopic (exact) mass is 332 g/mol. The maximum absolute atomic E-state index is 13.8. The van der Waals surface area contributed by atoms with Crippen molar-refractivity contribution >= 4 is 17.0 Å². The van der Waals surface area contributed by atoms with Crippen molar-refractivity contribution in [3.8, 4) is 0 Å². The maximum Gasteiger partial charge on any atom is 0.264 e. The van der Waals surface area contributed by atoms with Crippen molar-refractivity contribution < 1.29 is 24.4 Å². The molecule has 1 aliphatic heterocycles. The van der Waals surface area contributed by atoms with Crippen LogP contribution >= 0.6 is 0 Å². The summed E-state index contributed by atoms with van der Waals surface area (Å²) in [4.78, 5) is 17.9. The molecule has 0 amide bonds. The van der Waals surface area contributed by atoms with E-state index in [2.05, 4.69) is 9.97 Å². The Labute approximate surface area is 131 Å². The number of aromatic nitrogens is 3. The number of hydrogen-bond acceptors (Lipinski definition) is 7. The van der Waals surface area contributed by atoms with Gasteiger partial charge in [0.15, 0.2) is 11.5 Å². The third-order valence-electron chi connectivity index (χ3n) is 3.25. The molecule has 0 saturated carbocycles. The molecule has 1 fully saturated rings. The number of fused-ring (bicyclic) bond motifs is 1. The first-order chi connectivity index (χ1) is 11.1. The van der Waals surface area contributed by atoms with Crippen LogP contribution in [0.2, 0.25) is 0 Å². The summed E-state index contributed by atoms with van der Waals surface area (Å²) in [6.07, 6.45) is 1.74. The van der Waals surface area contributed by atoms with Crippen molar-refractivity contribution in [1.82, 2.24) is 14.5 Å². The average molecular weight is 332 g/mol. The molecule has 130 valence electrons. The van der Waals surface area contributed by atoms with Crippen molar-refractivity contribution in [2.45, 2.75) is 25.2 Å². The van der Waals surface area contributed by atoms with Gasteiger partial charge in [-0.15, -0.1) is 0 Å². The van der Waals surface area contributed by atoms with Crippen LogP contribution in [-0.4, -0.2) is 56.8 Å². The molecule has 6 N–H and O–H groups in total. The summed E-state index contributed by atoms with van der Waals surface area (Å²) in [6, 6.07) is 0. The minimum atomic E-state index is -0.667. The second-order valence-corrected chi connectivity index (χ2v) is 4.51. The molecule has 23 heavy (non-hydrogen) atoms. The van der Waals surface area contributed by atoms with Crippen molar-refractivity contribution in [3.63, 3.8) is 0 Å². The summed E-state index contributed by atoms with van der Waals surface area (Å²) in [5.41, 5.74) is 5.01. The second kappa shape index (κ2) is 8.58. The largest absolute Gasteiger partial charge is 0.400 e. The number of anilines is 1. The van der Waals surface area contributed by atoms with Crippen LogP contribution in [0, 0.1) is 5.82 Å². The molecule has 2 aromatic rings. The van der Waals surface area contributed by atoms with Gasteiger partial charge in [-0.05, 0) is 12.8 Å². The van der Waals surface area contributed by atoms with E-state index in [1.165, 1.54) is 10.8 Å². The highest BCUT2D eigenvalue weighted by molar-refractivity contribution is 5.76. The van der Waals surface area contributed by atoms with Gasteiger partial charge in [-0.3, -0.25) is 9.78 Å². The van der Waals surface area contributed by atoms with Crippen LogP contribution in [-0.2, 0) is 4.74 Å². The van der Waals surface area contributed by atoms with Gasteiger partial charge in [0, 0.05) is 20.4 Å². The van der Waals surface area contributed by atoms with Crippen LogP contribution < -0.4 is 11.3 Å². The van der Waals surface area contributed by atoms with Gasteiger partial charge in [0.1, 0.15) is 11.6 Å². The number of nitrogens with two attached hydrogens (primary N) is 1. The zero-order valence-corrected chi connectivity index (χ0v) is 12.9. The van der Waals surface area contributed by atoms with Gasteiger partial charge >= 0.3 is 0 Å². The Kier molecular flexibility index (Phi) is 7.10. The lowest BCUT2D eigenvalue weighted by atomic mass is 10.2. The standard InChI is InChI=1S/C11H13FN4O3.2CH4O/c12-6-3-16(7-2-1-5(4-17)19-7)9-8(6)10(18)15-11(13)14-9;2*1-2/h3,5,7,17H,1-2,4H2,(H3,13,14,15,18);2*2H,1H3. The van der Waals surface area contributed by atoms with Gasteiger partial charge in [-0.25, -0.2) is 4.39 Å². The molecular weight excluding hydrogens is 311 g/mol. The van der Waals surface area contributed by atoms with Crippen molar-refractivity contribution in [3.05, 3.63) is 22.4 Å². The fourth-order valence-electron chi connectivity index (χ4n) is 2.37. The van der Waals surface area contributed by atoms with E-state index in [-0.39, 0.29) is 29.7 Å². The highest BCUT2D eigenvalue weighted by Gasteiger charge is 2.28. The number of ether oxygens (including phenoxy) is 1. The molecule has 0 spiro atoms. The molecule has 0 aliphatic carbocycles. The number of hydrogen-bond donors (Lipinski definition) is 5. The Morgan fingerprint density at radius 2 is 2.09 bits per heavy atom. The van der Waals surface area contributed by atoms with Gasteiger partial charge in [-0.1, -0.05) is 0 Å². The smallest absolute Gasteiger partial charge is 0.264 e. The molecule has 3 rings (SSSR count). The Hall–Kier alpha value is -2.01. The lowest BCUT2D eigenvalue weighted by Gasteiger charge is -2.14. The van der Waals surface area contributed by atoms with E-state index < -0.39 is 17.6 Å². The number of aliphatic hydroxyl groups excluding tert-OH is 3. The Balaban J connectivity index is 0.000000615. The molecule has 0 aromatic carbocycles. The molecule has 2 atom stereocenters. The maximum atomic E-state index is 13.8. The van der Waals surface area contributed by atoms with E-state index in [4.69, 9.17) is 25.8 Å². The topological polar surface area (TPSA) is 147 Å². The number of nitrogens with zero attached hydrogens (tertiary/aromatic N) is 2. The van der Waals surface area contributed by atoms with Gasteiger partial charge < -0.3 is 30.4 Å². The average Bonchev–Trinajstić information content (AvgIpc) is 3.15. The minimum Gasteiger partial charge on any atom is -0.400 e. The van der Waals surface area contributed by atoms with E-state index >= 15 is 0 Å². The number of nitrogens with one attached hydrogen (secondary N) is 1. The predicted octanol–water partition coefficient (Wildman–Crippen LogP) is -0.667. The fourth-order valence-corrected chi connectivity index (χ4v) is 2.37. The van der Waals surface area contributed by atoms with Gasteiger partial charge in [0.2, 0.25) is 5.95 Å². The van der Waals surface area contributed by atoms with E-state index in [1.54, 1.807) is 0 Å². The van der Waals surface area contributed by atoms with Crippen molar-refractivity contribution in [2.75, 3.05) is 26.6 Å². The number of rotatable bonds is 2. The van der Waals surface area contributed by atoms with E-state index in [0.717, 1.165) is 14.2 Å². The summed E-state index contributed by atoms with van der Waals surface area (Å²) in [5, 5.41) is 22.9. The van der Waals surface area contributed by atoms with Crippen LogP contribution in [0.25, 0.3) is 11.0 Å². The van der Waals surface area contributed by atoms with Gasteiger partial charge in [0.05, 0.1) is 12.7 Å². The van der Waals surface area contributed by atoms with Crippen LogP contribution in [0.4, 0.5) is 10.3 Å². The van der Waals surface area contributed by atoms with Crippen LogP contribution in [0.1, 0.15) is 19.1 Å². The van der Waals surface area contributed by atoms with Crippen molar-refractivity contribution in [1.29, 1.82) is 0 Å². The molecule has 0 radical (unpaired) electrons. The second-order valence-electron chi connectivity index (χ2n) is 4.51. The summed E-state index contributed by atoms with van der Waals surface area (Å²) in [6.45, 7) is -0.0890. The van der Waals surface area contributed by atoms with Crippen LogP contribution in [0.15, 0.2) is 11.0 Å². The molecule has 2 aromatic heterocycles. The quantitative estimate of drug-likeness (QED) is 0.490. The highest BCUT2D eigenvalue weighted by atomic mass is 19.1. The number of H-pyrrole nitrogens is 1. The van der Waals surface area contributed by atoms with E-state index in [9.17, 15) is 9.18 Å². The molecule has 3 heterocycles. The summed E-state index contributed by atoms with van der Waals surface area (Å²) in [5.74, 6) is -0.742. The molecule has 10 heteroatoms. The van der Waals surface area contributed by atoms with Crippen LogP contribution in [0.5, 0.6) is 0 Å². The third kappa shape index (κ3) is 3.85. The summed E-state index contributed by atoms with van der Waals surface area (Å²) >= 11 is 0. The minimum absolute atomic E-state index is 0.0754. The summed E-state index contributed by atoms with van der Waals surface area (Å²) < 4.78 is 20.8. The molecule has 1 aliphatic rings. The number of halogens is 1. The predicted molar refractivity (Wildman–Crippen MR) is 81.2 cm³/mol. The number of aromatic amines is 1. The zero-order valence-electron chi connectivity index (χ0n) is 12.9. The van der Waals surface area contributed by atoms with E-state index in [0.29, 0.717) is 12.8 Å². The zero-order chi connectivity index (χ0) is 17.6. The summed E-state index contributed by atoms with van der Waals surface area (Å²) in [7, 11) is 2.00. The number of aliphatic hydroxyl groups is 3. The fraction of sp³-hybridized carbons (Fsp3) is 0.538. The lowest BCUT2D eigenvalue weighted by molar-refractivity contribution is -0.0206. The van der Waals surface area contributed by atoms with Gasteiger partial charge in [0.25, 0.3) is 5.56 Å². The first kappa shape index (κ1) is 19.0. The third-order valence-corrected chi connectivity index (χ3v) is 3.25. The first-order valence-corrected chi connectivity index (χ1v) is 6.81.